The van der Waals surface area contributed by atoms with Crippen LogP contribution in [0.2, 0.25) is 0 Å². The maximum Gasteiger partial charge on any atom is 0.267 e. The molecule has 80 valence electrons. The highest BCUT2D eigenvalue weighted by Gasteiger charge is 2.09. The summed E-state index contributed by atoms with van der Waals surface area (Å²) in [6, 6.07) is 0.402. The van der Waals surface area contributed by atoms with Crippen LogP contribution in [-0.2, 0) is 6.54 Å². The van der Waals surface area contributed by atoms with Crippen molar-refractivity contribution in [3.05, 3.63) is 16.8 Å². The van der Waals surface area contributed by atoms with Crippen LogP contribution in [0.1, 0.15) is 19.7 Å². The quantitative estimate of drug-likeness (QED) is 0.856. The van der Waals surface area contributed by atoms with Crippen LogP contribution in [0.15, 0.2) is 15.3 Å². The molecule has 0 fully saturated rings. The van der Waals surface area contributed by atoms with Crippen molar-refractivity contribution >= 4 is 11.3 Å². The summed E-state index contributed by atoms with van der Waals surface area (Å²) in [7, 11) is 0. The van der Waals surface area contributed by atoms with Gasteiger partial charge in [-0.2, -0.15) is 0 Å². The molecule has 0 radical (unpaired) electrons. The van der Waals surface area contributed by atoms with E-state index >= 15 is 0 Å². The highest BCUT2D eigenvalue weighted by molar-refractivity contribution is 7.07. The highest BCUT2D eigenvalue weighted by atomic mass is 32.1. The van der Waals surface area contributed by atoms with Gasteiger partial charge in [-0.3, -0.25) is 0 Å². The first-order valence-corrected chi connectivity index (χ1v) is 5.64. The lowest BCUT2D eigenvalue weighted by Crippen LogP contribution is -2.21. The normalized spacial score (nSPS) is 11.1. The van der Waals surface area contributed by atoms with Gasteiger partial charge in [0.15, 0.2) is 0 Å². The van der Waals surface area contributed by atoms with Gasteiger partial charge in [0, 0.05) is 11.4 Å². The van der Waals surface area contributed by atoms with Crippen LogP contribution in [-0.4, -0.2) is 21.2 Å². The van der Waals surface area contributed by atoms with Crippen molar-refractivity contribution in [2.75, 3.05) is 0 Å². The summed E-state index contributed by atoms with van der Waals surface area (Å²) in [5.41, 5.74) is 2.48. The Kier molecular flexibility index (Phi) is 3.08. The zero-order valence-electron chi connectivity index (χ0n) is 8.60. The lowest BCUT2D eigenvalue weighted by atomic mass is 10.4. The van der Waals surface area contributed by atoms with Gasteiger partial charge in [-0.1, -0.05) is 13.8 Å². The molecule has 5 nitrogen and oxygen atoms in total. The van der Waals surface area contributed by atoms with Crippen LogP contribution >= 0.6 is 11.3 Å². The summed E-state index contributed by atoms with van der Waals surface area (Å²) in [6.07, 6.45) is 0. The van der Waals surface area contributed by atoms with Gasteiger partial charge < -0.3 is 9.73 Å². The van der Waals surface area contributed by atoms with E-state index in [0.717, 1.165) is 5.69 Å². The molecule has 1 N–H and O–H groups in total. The van der Waals surface area contributed by atoms with Gasteiger partial charge in [0.25, 0.3) is 5.89 Å². The summed E-state index contributed by atoms with van der Waals surface area (Å²) in [5.74, 6) is 1.07. The van der Waals surface area contributed by atoms with Crippen LogP contribution in [0.4, 0.5) is 0 Å². The van der Waals surface area contributed by atoms with Crippen molar-refractivity contribution in [2.24, 2.45) is 0 Å². The molecule has 6 heteroatoms. The standard InChI is InChI=1S/C9H12N4OS/c1-6(2)10-3-8-12-13-9(14-8)7-4-15-5-11-7/h4-6,10H,3H2,1-2H3. The maximum atomic E-state index is 5.44. The van der Waals surface area contributed by atoms with E-state index in [2.05, 4.69) is 34.3 Å². The Hall–Kier alpha value is -1.27. The average Bonchev–Trinajstić information content (AvgIpc) is 2.85. The molecule has 2 heterocycles. The summed E-state index contributed by atoms with van der Waals surface area (Å²) in [4.78, 5) is 4.10. The van der Waals surface area contributed by atoms with E-state index in [1.54, 1.807) is 5.51 Å². The molecule has 0 aliphatic carbocycles. The van der Waals surface area contributed by atoms with Crippen LogP contribution < -0.4 is 5.32 Å². The molecule has 2 aromatic heterocycles. The molecule has 0 bridgehead atoms. The Morgan fingerprint density at radius 3 is 3.00 bits per heavy atom. The van der Waals surface area contributed by atoms with E-state index in [0.29, 0.717) is 24.4 Å². The minimum atomic E-state index is 0.402. The fourth-order valence-electron chi connectivity index (χ4n) is 1.04. The molecule has 0 atom stereocenters. The minimum Gasteiger partial charge on any atom is -0.418 e. The van der Waals surface area contributed by atoms with Gasteiger partial charge >= 0.3 is 0 Å². The SMILES string of the molecule is CC(C)NCc1nnc(-c2cscn2)o1. The first kappa shape index (κ1) is 10.3. The molecular weight excluding hydrogens is 212 g/mol. The maximum absolute atomic E-state index is 5.44. The minimum absolute atomic E-state index is 0.402. The molecule has 15 heavy (non-hydrogen) atoms. The first-order valence-electron chi connectivity index (χ1n) is 4.70. The Morgan fingerprint density at radius 2 is 2.33 bits per heavy atom. The highest BCUT2D eigenvalue weighted by Crippen LogP contribution is 2.16. The monoisotopic (exact) mass is 224 g/mol. The molecule has 0 aliphatic rings. The molecule has 0 aromatic carbocycles. The lowest BCUT2D eigenvalue weighted by molar-refractivity contribution is 0.458. The van der Waals surface area contributed by atoms with Crippen molar-refractivity contribution < 1.29 is 4.42 Å². The predicted octanol–water partition coefficient (Wildman–Crippen LogP) is 1.69. The molecule has 0 amide bonds. The third-order valence-electron chi connectivity index (χ3n) is 1.78. The third-order valence-corrected chi connectivity index (χ3v) is 2.37. The number of aromatic nitrogens is 3. The van der Waals surface area contributed by atoms with E-state index in [4.69, 9.17) is 4.42 Å². The van der Waals surface area contributed by atoms with Crippen LogP contribution in [0.5, 0.6) is 0 Å². The Bertz CT molecular complexity index is 409. The molecule has 2 aromatic rings. The van der Waals surface area contributed by atoms with E-state index in [1.807, 2.05) is 5.38 Å². The van der Waals surface area contributed by atoms with E-state index in [9.17, 15) is 0 Å². The number of rotatable bonds is 4. The van der Waals surface area contributed by atoms with Gasteiger partial charge in [-0.25, -0.2) is 4.98 Å². The van der Waals surface area contributed by atoms with Crippen LogP contribution in [0, 0.1) is 0 Å². The fraction of sp³-hybridized carbons (Fsp3) is 0.444. The summed E-state index contributed by atoms with van der Waals surface area (Å²) < 4.78 is 5.44. The predicted molar refractivity (Wildman–Crippen MR) is 57.4 cm³/mol. The number of nitrogens with one attached hydrogen (secondary N) is 1. The second kappa shape index (κ2) is 4.50. The van der Waals surface area contributed by atoms with Gasteiger partial charge in [-0.05, 0) is 0 Å². The molecule has 0 saturated carbocycles. The average molecular weight is 224 g/mol. The first-order chi connectivity index (χ1) is 7.25. The van der Waals surface area contributed by atoms with Gasteiger partial charge in [0.1, 0.15) is 5.69 Å². The fourth-order valence-corrected chi connectivity index (χ4v) is 1.56. The van der Waals surface area contributed by atoms with Crippen molar-refractivity contribution in [2.45, 2.75) is 26.4 Å². The number of hydrogen-bond acceptors (Lipinski definition) is 6. The van der Waals surface area contributed by atoms with E-state index in [1.165, 1.54) is 11.3 Å². The van der Waals surface area contributed by atoms with Crippen molar-refractivity contribution in [3.8, 4) is 11.6 Å². The van der Waals surface area contributed by atoms with Gasteiger partial charge in [0.2, 0.25) is 5.89 Å². The number of hydrogen-bond donors (Lipinski definition) is 1. The second-order valence-corrected chi connectivity index (χ2v) is 4.13. The van der Waals surface area contributed by atoms with Gasteiger partial charge in [-0.15, -0.1) is 21.5 Å². The topological polar surface area (TPSA) is 63.8 Å². The zero-order valence-corrected chi connectivity index (χ0v) is 9.41. The summed E-state index contributed by atoms with van der Waals surface area (Å²) >= 11 is 1.51. The zero-order chi connectivity index (χ0) is 10.7. The molecule has 0 saturated heterocycles. The Balaban J connectivity index is 2.04. The lowest BCUT2D eigenvalue weighted by Gasteiger charge is -2.03. The third kappa shape index (κ3) is 2.60. The molecular formula is C9H12N4OS. The molecule has 0 aliphatic heterocycles. The number of thiazole rings is 1. The van der Waals surface area contributed by atoms with E-state index < -0.39 is 0 Å². The Morgan fingerprint density at radius 1 is 1.47 bits per heavy atom. The smallest absolute Gasteiger partial charge is 0.267 e. The van der Waals surface area contributed by atoms with Crippen molar-refractivity contribution in [1.29, 1.82) is 0 Å². The number of nitrogens with zero attached hydrogens (tertiary/aromatic N) is 3. The molecule has 0 spiro atoms. The molecule has 0 unspecified atom stereocenters. The van der Waals surface area contributed by atoms with Crippen LogP contribution in [0.3, 0.4) is 0 Å². The van der Waals surface area contributed by atoms with Crippen LogP contribution in [0.25, 0.3) is 11.6 Å². The van der Waals surface area contributed by atoms with Gasteiger partial charge in [0.05, 0.1) is 12.1 Å². The van der Waals surface area contributed by atoms with Crippen molar-refractivity contribution in [3.63, 3.8) is 0 Å². The Labute approximate surface area is 91.6 Å². The second-order valence-electron chi connectivity index (χ2n) is 3.41. The van der Waals surface area contributed by atoms with E-state index in [-0.39, 0.29) is 0 Å². The summed E-state index contributed by atoms with van der Waals surface area (Å²) in [6.45, 7) is 4.73. The summed E-state index contributed by atoms with van der Waals surface area (Å²) in [5, 5.41) is 12.9. The molecule has 2 rings (SSSR count). The van der Waals surface area contributed by atoms with Crippen molar-refractivity contribution in [1.82, 2.24) is 20.5 Å². The largest absolute Gasteiger partial charge is 0.418 e.